The van der Waals surface area contributed by atoms with Crippen LogP contribution in [0.5, 0.6) is 0 Å². The number of ether oxygens (including phenoxy) is 2. The zero-order valence-electron chi connectivity index (χ0n) is 46.9. The standard InChI is InChI=1S/C53H112B4N6O8/c1-6-8-9-10-11-12-13-14-15-16-17-18-19-20-21-22-23-24-25-30-37-51(62-52(64)38-45-70-47-46-69-43-7-2)53(65)58-39-31-27-26-29-36-50(48-59-54-71-44-35-28-32-40-60-55(3)66)49-63(57(5)68)42-34-33-41-61-56(4)67/h50-51,60-61,66-68H,6-49H2,1-5H3,(H,58,65)(H,62,64). The molecule has 2 atom stereocenters. The van der Waals surface area contributed by atoms with Gasteiger partial charge in [0, 0.05) is 13.0 Å². The van der Waals surface area contributed by atoms with Crippen LogP contribution in [0.2, 0.25) is 20.5 Å². The second-order valence-corrected chi connectivity index (χ2v) is 20.5. The van der Waals surface area contributed by atoms with Gasteiger partial charge in [0.05, 0.1) is 19.8 Å². The number of hydrogen-bond acceptors (Lipinski definition) is 12. The molecule has 0 aliphatic rings. The second kappa shape index (κ2) is 54.7. The fraction of sp³-hybridized carbons (Fsp3) is 0.962. The maximum atomic E-state index is 13.5. The Kier molecular flexibility index (Phi) is 53.6. The van der Waals surface area contributed by atoms with Gasteiger partial charge in [-0.3, -0.25) is 4.79 Å². The molecule has 71 heavy (non-hydrogen) atoms. The molecule has 0 saturated heterocycles. The molecular weight excluding hydrogens is 892 g/mol. The summed E-state index contributed by atoms with van der Waals surface area (Å²) in [6.45, 7) is 16.4. The Hall–Kier alpha value is -1.52. The molecule has 0 fully saturated rings. The summed E-state index contributed by atoms with van der Waals surface area (Å²) in [7, 11) is -0.00267. The van der Waals surface area contributed by atoms with E-state index in [1.807, 2.05) is 6.82 Å². The van der Waals surface area contributed by atoms with E-state index in [0.29, 0.717) is 52.5 Å². The summed E-state index contributed by atoms with van der Waals surface area (Å²) in [5.41, 5.74) is 0. The summed E-state index contributed by atoms with van der Waals surface area (Å²) in [6.07, 6.45) is 38.0. The minimum absolute atomic E-state index is 0.0987. The average molecular weight is 1000 g/mol. The SMILES string of the molecule is CCCCCCCCCCCCCCCCCCCCCCC(NC(=O)CCOCCOCCC)C(=O)NCCCCCCC(CN=BOCCCCCNB(C)O)CN(CCCCNB(C)O)B(C)O. The molecule has 0 aliphatic carbocycles. The van der Waals surface area contributed by atoms with Crippen LogP contribution in [0.3, 0.4) is 0 Å². The van der Waals surface area contributed by atoms with Crippen LogP contribution < -0.4 is 21.1 Å². The summed E-state index contributed by atoms with van der Waals surface area (Å²) in [5, 5.41) is 41.7. The third-order valence-electron chi connectivity index (χ3n) is 13.3. The van der Waals surface area contributed by atoms with E-state index in [1.54, 1.807) is 20.9 Å². The van der Waals surface area contributed by atoms with Crippen molar-refractivity contribution in [3.63, 3.8) is 0 Å². The third-order valence-corrected chi connectivity index (χ3v) is 13.3. The van der Waals surface area contributed by atoms with Crippen LogP contribution in [-0.2, 0) is 23.7 Å². The van der Waals surface area contributed by atoms with Crippen LogP contribution >= 0.6 is 0 Å². The second-order valence-electron chi connectivity index (χ2n) is 20.5. The Bertz CT molecular complexity index is 1170. The van der Waals surface area contributed by atoms with Gasteiger partial charge in [-0.1, -0.05) is 142 Å². The Morgan fingerprint density at radius 3 is 1.56 bits per heavy atom. The van der Waals surface area contributed by atoms with Crippen molar-refractivity contribution < 1.29 is 38.8 Å². The first kappa shape index (κ1) is 69.5. The van der Waals surface area contributed by atoms with Crippen LogP contribution in [0.15, 0.2) is 4.90 Å². The van der Waals surface area contributed by atoms with E-state index >= 15 is 0 Å². The molecule has 7 N–H and O–H groups in total. The number of carbonyl (C=O) groups is 2. The van der Waals surface area contributed by atoms with Crippen LogP contribution in [0.4, 0.5) is 0 Å². The molecular formula is C53H112B4N6O8. The molecule has 2 unspecified atom stereocenters. The van der Waals surface area contributed by atoms with Crippen molar-refractivity contribution in [3.05, 3.63) is 0 Å². The van der Waals surface area contributed by atoms with Crippen molar-refractivity contribution >= 4 is 40.2 Å². The first-order chi connectivity index (χ1) is 34.6. The molecule has 0 saturated carbocycles. The zero-order valence-corrected chi connectivity index (χ0v) is 46.9. The van der Waals surface area contributed by atoms with E-state index < -0.39 is 27.2 Å². The van der Waals surface area contributed by atoms with Gasteiger partial charge in [0.15, 0.2) is 0 Å². The molecule has 0 aromatic carbocycles. The zero-order chi connectivity index (χ0) is 52.1. The average Bonchev–Trinajstić information content (AvgIpc) is 3.34. The van der Waals surface area contributed by atoms with E-state index in [4.69, 9.17) is 14.1 Å². The quantitative estimate of drug-likeness (QED) is 0.0227. The van der Waals surface area contributed by atoms with Gasteiger partial charge in [-0.05, 0) is 12.8 Å². The summed E-state index contributed by atoms with van der Waals surface area (Å²) >= 11 is 0. The molecule has 0 bridgehead atoms. The number of carbonyl (C=O) groups excluding carboxylic acids is 2. The Balaban J connectivity index is 4.79. The number of hydrogen-bond donors (Lipinski definition) is 7. The van der Waals surface area contributed by atoms with Crippen LogP contribution in [0.25, 0.3) is 0 Å². The number of unbranched alkanes of at least 4 members (excludes halogenated alkanes) is 25. The van der Waals surface area contributed by atoms with E-state index in [0.717, 1.165) is 110 Å². The number of nitrogens with zero attached hydrogens (tertiary/aromatic N) is 2. The first-order valence-corrected chi connectivity index (χ1v) is 29.7. The van der Waals surface area contributed by atoms with Gasteiger partial charge in [0.2, 0.25) is 5.91 Å². The predicted molar refractivity (Wildman–Crippen MR) is 302 cm³/mol. The van der Waals surface area contributed by atoms with Gasteiger partial charge >= 0.3 is 227 Å². The van der Waals surface area contributed by atoms with Crippen LogP contribution in [0, 0.1) is 5.92 Å². The predicted octanol–water partition coefficient (Wildman–Crippen LogP) is 9.78. The fourth-order valence-electron chi connectivity index (χ4n) is 8.87. The maximum absolute atomic E-state index is 13.5. The third kappa shape index (κ3) is 51.7. The Morgan fingerprint density at radius 1 is 0.549 bits per heavy atom. The van der Waals surface area contributed by atoms with Crippen molar-refractivity contribution in [2.24, 2.45) is 10.8 Å². The fourth-order valence-corrected chi connectivity index (χ4v) is 8.87. The van der Waals surface area contributed by atoms with Gasteiger partial charge < -0.3 is 14.8 Å². The first-order valence-electron chi connectivity index (χ1n) is 29.7. The molecule has 0 spiro atoms. The van der Waals surface area contributed by atoms with Crippen LogP contribution in [0.1, 0.15) is 226 Å². The number of nitrogens with one attached hydrogen (secondary N) is 4. The van der Waals surface area contributed by atoms with Gasteiger partial charge in [0.25, 0.3) is 0 Å². The van der Waals surface area contributed by atoms with Crippen LogP contribution in [-0.4, -0.2) is 138 Å². The van der Waals surface area contributed by atoms with Crippen molar-refractivity contribution in [3.8, 4) is 0 Å². The molecule has 14 nitrogen and oxygen atoms in total. The summed E-state index contributed by atoms with van der Waals surface area (Å²) in [5.74, 6) is 0.00120. The molecule has 0 radical (unpaired) electrons. The van der Waals surface area contributed by atoms with E-state index in [9.17, 15) is 24.7 Å². The molecule has 2 amide bonds. The summed E-state index contributed by atoms with van der Waals surface area (Å²) < 4.78 is 16.8. The van der Waals surface area contributed by atoms with Gasteiger partial charge in [-0.25, -0.2) is 0 Å². The topological polar surface area (TPSA) is 186 Å². The normalized spacial score (nSPS) is 12.4. The number of rotatable bonds is 57. The van der Waals surface area contributed by atoms with Crippen molar-refractivity contribution in [1.29, 1.82) is 0 Å². The molecule has 0 rings (SSSR count). The molecule has 414 valence electrons. The Labute approximate surface area is 438 Å². The van der Waals surface area contributed by atoms with Crippen molar-refractivity contribution in [1.82, 2.24) is 25.9 Å². The monoisotopic (exact) mass is 1000 g/mol. The Morgan fingerprint density at radius 2 is 1.03 bits per heavy atom. The molecule has 0 aromatic rings. The van der Waals surface area contributed by atoms with Gasteiger partial charge in [-0.2, -0.15) is 0 Å². The summed E-state index contributed by atoms with van der Waals surface area (Å²) in [4.78, 5) is 33.1. The van der Waals surface area contributed by atoms with Gasteiger partial charge in [0.1, 0.15) is 0 Å². The number of amides is 2. The molecule has 0 aromatic heterocycles. The molecule has 18 heteroatoms. The van der Waals surface area contributed by atoms with E-state index in [-0.39, 0.29) is 24.2 Å². The molecule has 0 heterocycles. The molecule has 0 aliphatic heterocycles. The van der Waals surface area contributed by atoms with E-state index in [2.05, 4.69) is 44.6 Å². The summed E-state index contributed by atoms with van der Waals surface area (Å²) in [6, 6.07) is -0.541. The van der Waals surface area contributed by atoms with Gasteiger partial charge in [-0.15, -0.1) is 0 Å². The minimum atomic E-state index is -0.569. The van der Waals surface area contributed by atoms with Crippen molar-refractivity contribution in [2.75, 3.05) is 72.3 Å². The van der Waals surface area contributed by atoms with Crippen molar-refractivity contribution in [2.45, 2.75) is 252 Å². The van der Waals surface area contributed by atoms with E-state index in [1.165, 1.54) is 116 Å².